The average Bonchev–Trinajstić information content (AvgIpc) is 2.36. The Bertz CT molecular complexity index is 536. The van der Waals surface area contributed by atoms with E-state index in [-0.39, 0.29) is 11.8 Å². The summed E-state index contributed by atoms with van der Waals surface area (Å²) in [7, 11) is -3.04. The Morgan fingerprint density at radius 3 is 2.89 bits per heavy atom. The molecule has 0 aliphatic carbocycles. The van der Waals surface area contributed by atoms with Gasteiger partial charge in [0, 0.05) is 22.9 Å². The molecule has 1 saturated heterocycles. The Morgan fingerprint density at radius 1 is 1.47 bits per heavy atom. The van der Waals surface area contributed by atoms with Gasteiger partial charge in [-0.2, -0.15) is 0 Å². The Morgan fingerprint density at radius 2 is 2.26 bits per heavy atom. The van der Waals surface area contributed by atoms with E-state index in [2.05, 4.69) is 26.3 Å². The summed E-state index contributed by atoms with van der Waals surface area (Å²) in [6.07, 6.45) is 6.38. The van der Waals surface area contributed by atoms with Crippen molar-refractivity contribution in [2.75, 3.05) is 5.75 Å². The molecule has 2 heterocycles. The molecule has 0 radical (unpaired) electrons. The standard InChI is InChI=1S/C12H18BrN3O2S/c13-10-5-9(7-15-8-10)6-11(16-14)12-3-1-2-4-19(12,17)18/h5,7-8,11-12,16H,1-4,6,14H2. The summed E-state index contributed by atoms with van der Waals surface area (Å²) in [4.78, 5) is 4.09. The number of aromatic nitrogens is 1. The van der Waals surface area contributed by atoms with E-state index in [1.165, 1.54) is 0 Å². The minimum Gasteiger partial charge on any atom is -0.271 e. The zero-order chi connectivity index (χ0) is 13.9. The van der Waals surface area contributed by atoms with Gasteiger partial charge in [0.05, 0.1) is 11.0 Å². The van der Waals surface area contributed by atoms with E-state index in [0.29, 0.717) is 12.8 Å². The number of rotatable bonds is 4. The summed E-state index contributed by atoms with van der Waals surface area (Å²) in [6, 6.07) is 1.67. The number of nitrogens with zero attached hydrogens (tertiary/aromatic N) is 1. The highest BCUT2D eigenvalue weighted by atomic mass is 79.9. The smallest absolute Gasteiger partial charge is 0.154 e. The molecule has 0 bridgehead atoms. The molecule has 0 spiro atoms. The molecule has 2 unspecified atom stereocenters. The van der Waals surface area contributed by atoms with Crippen molar-refractivity contribution in [3.8, 4) is 0 Å². The molecule has 2 rings (SSSR count). The maximum Gasteiger partial charge on any atom is 0.154 e. The molecule has 1 aliphatic heterocycles. The summed E-state index contributed by atoms with van der Waals surface area (Å²) < 4.78 is 25.1. The molecular formula is C12H18BrN3O2S. The molecule has 2 atom stereocenters. The number of hydrogen-bond donors (Lipinski definition) is 2. The van der Waals surface area contributed by atoms with Gasteiger partial charge in [-0.1, -0.05) is 6.42 Å². The Labute approximate surface area is 122 Å². The lowest BCUT2D eigenvalue weighted by Crippen LogP contribution is -2.50. The monoisotopic (exact) mass is 347 g/mol. The normalized spacial score (nSPS) is 24.0. The van der Waals surface area contributed by atoms with Gasteiger partial charge in [-0.3, -0.25) is 16.3 Å². The van der Waals surface area contributed by atoms with Gasteiger partial charge in [0.1, 0.15) is 0 Å². The van der Waals surface area contributed by atoms with Crippen LogP contribution in [-0.4, -0.2) is 30.4 Å². The number of sulfone groups is 1. The van der Waals surface area contributed by atoms with E-state index < -0.39 is 15.1 Å². The molecular weight excluding hydrogens is 330 g/mol. The van der Waals surface area contributed by atoms with Crippen molar-refractivity contribution in [3.05, 3.63) is 28.5 Å². The highest BCUT2D eigenvalue weighted by molar-refractivity contribution is 9.10. The van der Waals surface area contributed by atoms with E-state index in [4.69, 9.17) is 5.84 Å². The molecule has 0 saturated carbocycles. The third-order valence-corrected chi connectivity index (χ3v) is 6.29. The third kappa shape index (κ3) is 3.75. The molecule has 7 heteroatoms. The summed E-state index contributed by atoms with van der Waals surface area (Å²) >= 11 is 3.36. The topological polar surface area (TPSA) is 85.1 Å². The third-order valence-electron chi connectivity index (χ3n) is 3.51. The van der Waals surface area contributed by atoms with Crippen LogP contribution in [0.1, 0.15) is 24.8 Å². The van der Waals surface area contributed by atoms with Gasteiger partial charge in [0.2, 0.25) is 0 Å². The lowest BCUT2D eigenvalue weighted by molar-refractivity contribution is 0.440. The van der Waals surface area contributed by atoms with E-state index >= 15 is 0 Å². The first-order chi connectivity index (χ1) is 9.03. The number of hydrazine groups is 1. The maximum atomic E-state index is 12.1. The van der Waals surface area contributed by atoms with E-state index in [0.717, 1.165) is 22.9 Å². The Kier molecular flexibility index (Phi) is 4.94. The van der Waals surface area contributed by atoms with Crippen molar-refractivity contribution in [1.29, 1.82) is 0 Å². The fraction of sp³-hybridized carbons (Fsp3) is 0.583. The zero-order valence-corrected chi connectivity index (χ0v) is 13.0. The van der Waals surface area contributed by atoms with Crippen LogP contribution in [0.15, 0.2) is 22.9 Å². The highest BCUT2D eigenvalue weighted by Crippen LogP contribution is 2.24. The van der Waals surface area contributed by atoms with Crippen LogP contribution in [0.25, 0.3) is 0 Å². The minimum absolute atomic E-state index is 0.263. The van der Waals surface area contributed by atoms with Gasteiger partial charge in [-0.25, -0.2) is 8.42 Å². The van der Waals surface area contributed by atoms with Crippen LogP contribution >= 0.6 is 15.9 Å². The van der Waals surface area contributed by atoms with E-state index in [1.807, 2.05) is 6.07 Å². The first kappa shape index (κ1) is 14.9. The first-order valence-electron chi connectivity index (χ1n) is 6.30. The first-order valence-corrected chi connectivity index (χ1v) is 8.81. The van der Waals surface area contributed by atoms with Gasteiger partial charge in [-0.05, 0) is 46.8 Å². The van der Waals surface area contributed by atoms with Gasteiger partial charge < -0.3 is 0 Å². The van der Waals surface area contributed by atoms with Crippen LogP contribution in [0, 0.1) is 0 Å². The summed E-state index contributed by atoms with van der Waals surface area (Å²) in [5.74, 6) is 5.83. The van der Waals surface area contributed by atoms with Crippen LogP contribution in [0.4, 0.5) is 0 Å². The highest BCUT2D eigenvalue weighted by Gasteiger charge is 2.35. The number of pyridine rings is 1. The quantitative estimate of drug-likeness (QED) is 0.631. The fourth-order valence-corrected chi connectivity index (χ4v) is 5.07. The van der Waals surface area contributed by atoms with Gasteiger partial charge >= 0.3 is 0 Å². The Balaban J connectivity index is 2.16. The molecule has 1 aliphatic rings. The lowest BCUT2D eigenvalue weighted by atomic mass is 10.0. The predicted octanol–water partition coefficient (Wildman–Crippen LogP) is 1.19. The summed E-state index contributed by atoms with van der Waals surface area (Å²) in [5.41, 5.74) is 3.64. The second kappa shape index (κ2) is 6.30. The molecule has 1 fully saturated rings. The van der Waals surface area contributed by atoms with Crippen LogP contribution in [0.3, 0.4) is 0 Å². The average molecular weight is 348 g/mol. The number of halogens is 1. The van der Waals surface area contributed by atoms with E-state index in [9.17, 15) is 8.42 Å². The SMILES string of the molecule is NNC(Cc1cncc(Br)c1)C1CCCCS1(=O)=O. The molecule has 106 valence electrons. The molecule has 1 aromatic rings. The largest absolute Gasteiger partial charge is 0.271 e. The van der Waals surface area contributed by atoms with Crippen molar-refractivity contribution in [1.82, 2.24) is 10.4 Å². The zero-order valence-electron chi connectivity index (χ0n) is 10.5. The van der Waals surface area contributed by atoms with Gasteiger partial charge in [0.15, 0.2) is 9.84 Å². The summed E-state index contributed by atoms with van der Waals surface area (Å²) in [5, 5.41) is -0.398. The van der Waals surface area contributed by atoms with Crippen molar-refractivity contribution in [2.24, 2.45) is 5.84 Å². The second-order valence-electron chi connectivity index (χ2n) is 4.89. The van der Waals surface area contributed by atoms with Crippen molar-refractivity contribution < 1.29 is 8.42 Å². The second-order valence-corrected chi connectivity index (χ2v) is 8.15. The van der Waals surface area contributed by atoms with Crippen molar-refractivity contribution in [3.63, 3.8) is 0 Å². The number of nitrogens with one attached hydrogen (secondary N) is 1. The van der Waals surface area contributed by atoms with Crippen LogP contribution < -0.4 is 11.3 Å². The number of nitrogens with two attached hydrogens (primary N) is 1. The molecule has 0 amide bonds. The van der Waals surface area contributed by atoms with Crippen LogP contribution in [0.5, 0.6) is 0 Å². The van der Waals surface area contributed by atoms with Crippen LogP contribution in [0.2, 0.25) is 0 Å². The maximum absolute atomic E-state index is 12.1. The molecule has 3 N–H and O–H groups in total. The van der Waals surface area contributed by atoms with Crippen molar-refractivity contribution >= 4 is 25.8 Å². The lowest BCUT2D eigenvalue weighted by Gasteiger charge is -2.29. The van der Waals surface area contributed by atoms with Crippen LogP contribution in [-0.2, 0) is 16.3 Å². The van der Waals surface area contributed by atoms with Gasteiger partial charge in [0.25, 0.3) is 0 Å². The fourth-order valence-electron chi connectivity index (χ4n) is 2.55. The minimum atomic E-state index is -3.04. The molecule has 19 heavy (non-hydrogen) atoms. The number of hydrogen-bond acceptors (Lipinski definition) is 5. The molecule has 1 aromatic heterocycles. The van der Waals surface area contributed by atoms with Gasteiger partial charge in [-0.15, -0.1) is 0 Å². The summed E-state index contributed by atoms with van der Waals surface area (Å²) in [6.45, 7) is 0. The van der Waals surface area contributed by atoms with E-state index in [1.54, 1.807) is 12.4 Å². The molecule has 5 nitrogen and oxygen atoms in total. The predicted molar refractivity (Wildman–Crippen MR) is 78.2 cm³/mol. The van der Waals surface area contributed by atoms with Crippen molar-refractivity contribution in [2.45, 2.75) is 37.0 Å². The molecule has 0 aromatic carbocycles. The Hall–Kier alpha value is -0.500.